The molecule has 0 fully saturated rings. The molecule has 2 atom stereocenters. The Hall–Kier alpha value is -3.74. The number of nitrogens with zero attached hydrogens (tertiary/aromatic N) is 1. The zero-order chi connectivity index (χ0) is 23.0. The van der Waals surface area contributed by atoms with Crippen LogP contribution >= 0.6 is 0 Å². The van der Waals surface area contributed by atoms with Crippen LogP contribution in [0.3, 0.4) is 0 Å². The molecular formula is C27H25N3O3. The molecule has 1 amide bonds. The Morgan fingerprint density at radius 1 is 1.03 bits per heavy atom. The molecule has 3 N–H and O–H groups in total. The fourth-order valence-electron chi connectivity index (χ4n) is 4.73. The van der Waals surface area contributed by atoms with Crippen molar-refractivity contribution in [3.05, 3.63) is 107 Å². The third kappa shape index (κ3) is 3.44. The number of hydrogen-bond acceptors (Lipinski definition) is 5. The van der Waals surface area contributed by atoms with Crippen molar-refractivity contribution in [2.45, 2.75) is 25.4 Å². The topological polar surface area (TPSA) is 87.4 Å². The predicted octanol–water partition coefficient (Wildman–Crippen LogP) is 4.48. The number of aliphatic hydroxyl groups is 1. The minimum Gasteiger partial charge on any atom is -0.394 e. The van der Waals surface area contributed by atoms with Gasteiger partial charge in [0.05, 0.1) is 18.3 Å². The van der Waals surface area contributed by atoms with Gasteiger partial charge in [-0.25, -0.2) is 0 Å². The molecule has 0 bridgehead atoms. The van der Waals surface area contributed by atoms with E-state index >= 15 is 0 Å². The highest BCUT2D eigenvalue weighted by molar-refractivity contribution is 6.09. The van der Waals surface area contributed by atoms with Crippen LogP contribution in [0.2, 0.25) is 0 Å². The second-order valence-electron chi connectivity index (χ2n) is 8.32. The van der Waals surface area contributed by atoms with Crippen LogP contribution in [0.4, 0.5) is 5.69 Å². The summed E-state index contributed by atoms with van der Waals surface area (Å²) in [6.45, 7) is 3.62. The first kappa shape index (κ1) is 21.1. The average Bonchev–Trinajstić information content (AvgIpc) is 3.33. The van der Waals surface area contributed by atoms with Crippen molar-refractivity contribution in [3.63, 3.8) is 0 Å². The van der Waals surface area contributed by atoms with Gasteiger partial charge < -0.3 is 14.9 Å². The number of amides is 1. The number of carbonyl (C=O) groups excluding carboxylic acids is 1. The minimum atomic E-state index is -1.19. The number of aliphatic hydroxyl groups excluding tert-OH is 1. The number of aryl methyl sites for hydroxylation is 2. The normalized spacial score (nSPS) is 18.1. The van der Waals surface area contributed by atoms with Crippen LogP contribution in [0.15, 0.2) is 83.4 Å². The molecule has 0 spiro atoms. The smallest absolute Gasteiger partial charge is 0.254 e. The van der Waals surface area contributed by atoms with E-state index in [1.54, 1.807) is 0 Å². The van der Waals surface area contributed by atoms with Gasteiger partial charge in [0.2, 0.25) is 0 Å². The van der Waals surface area contributed by atoms with Crippen LogP contribution in [0.1, 0.15) is 34.2 Å². The number of carbonyl (C=O) groups is 1. The summed E-state index contributed by atoms with van der Waals surface area (Å²) in [5.41, 5.74) is 4.67. The first-order valence-corrected chi connectivity index (χ1v) is 10.9. The maximum atomic E-state index is 13.7. The van der Waals surface area contributed by atoms with Gasteiger partial charge in [0.15, 0.2) is 5.54 Å². The number of rotatable bonds is 6. The van der Waals surface area contributed by atoms with Crippen LogP contribution in [-0.2, 0) is 10.3 Å². The standard InChI is InChI=1S/C27H25N3O3/c1-17-25(18(2)33-30-17)20-13-14-23-22(15-20)27(26(32)28-23,21-11-7-4-8-12-21)29-24(16-31)19-9-5-3-6-10-19/h3-15,24,29,31H,16H2,1-2H3,(H,28,32). The molecule has 2 unspecified atom stereocenters. The maximum Gasteiger partial charge on any atom is 0.254 e. The fraction of sp³-hybridized carbons (Fsp3) is 0.185. The monoisotopic (exact) mass is 439 g/mol. The lowest BCUT2D eigenvalue weighted by molar-refractivity contribution is -0.120. The Kier molecular flexibility index (Phi) is 5.32. The third-order valence-electron chi connectivity index (χ3n) is 6.32. The van der Waals surface area contributed by atoms with Gasteiger partial charge in [-0.2, -0.15) is 0 Å². The zero-order valence-electron chi connectivity index (χ0n) is 18.5. The molecule has 3 aromatic carbocycles. The lowest BCUT2D eigenvalue weighted by Crippen LogP contribution is -2.51. The quantitative estimate of drug-likeness (QED) is 0.412. The van der Waals surface area contributed by atoms with E-state index in [0.717, 1.165) is 45.0 Å². The van der Waals surface area contributed by atoms with E-state index in [1.165, 1.54) is 0 Å². The van der Waals surface area contributed by atoms with E-state index in [4.69, 9.17) is 4.52 Å². The second kappa shape index (κ2) is 8.31. The lowest BCUT2D eigenvalue weighted by Gasteiger charge is -2.34. The van der Waals surface area contributed by atoms with Gasteiger partial charge in [-0.3, -0.25) is 10.1 Å². The summed E-state index contributed by atoms with van der Waals surface area (Å²) in [5.74, 6) is 0.537. The van der Waals surface area contributed by atoms with Gasteiger partial charge in [0, 0.05) is 16.8 Å². The number of aromatic nitrogens is 1. The van der Waals surface area contributed by atoms with Gasteiger partial charge in [0.25, 0.3) is 5.91 Å². The third-order valence-corrected chi connectivity index (χ3v) is 6.32. The summed E-state index contributed by atoms with van der Waals surface area (Å²) in [6.07, 6.45) is 0. The molecule has 1 aromatic heterocycles. The Morgan fingerprint density at radius 3 is 2.36 bits per heavy atom. The predicted molar refractivity (Wildman–Crippen MR) is 127 cm³/mol. The van der Waals surface area contributed by atoms with Gasteiger partial charge in [-0.1, -0.05) is 71.9 Å². The summed E-state index contributed by atoms with van der Waals surface area (Å²) >= 11 is 0. The van der Waals surface area contributed by atoms with Crippen molar-refractivity contribution >= 4 is 11.6 Å². The summed E-state index contributed by atoms with van der Waals surface area (Å²) in [7, 11) is 0. The van der Waals surface area contributed by atoms with Crippen LogP contribution < -0.4 is 10.6 Å². The number of benzene rings is 3. The van der Waals surface area contributed by atoms with Crippen LogP contribution in [0, 0.1) is 13.8 Å². The number of nitrogens with one attached hydrogen (secondary N) is 2. The highest BCUT2D eigenvalue weighted by atomic mass is 16.5. The first-order valence-electron chi connectivity index (χ1n) is 10.9. The number of hydrogen-bond donors (Lipinski definition) is 3. The van der Waals surface area contributed by atoms with Crippen LogP contribution in [-0.4, -0.2) is 22.8 Å². The van der Waals surface area contributed by atoms with E-state index < -0.39 is 11.6 Å². The Balaban J connectivity index is 1.71. The summed E-state index contributed by atoms with van der Waals surface area (Å²) < 4.78 is 5.39. The molecule has 166 valence electrons. The highest BCUT2D eigenvalue weighted by Crippen LogP contribution is 2.44. The number of fused-ring (bicyclic) bond motifs is 1. The summed E-state index contributed by atoms with van der Waals surface area (Å²) in [6, 6.07) is 24.7. The van der Waals surface area contributed by atoms with E-state index in [-0.39, 0.29) is 12.5 Å². The first-order chi connectivity index (χ1) is 16.0. The highest BCUT2D eigenvalue weighted by Gasteiger charge is 2.49. The summed E-state index contributed by atoms with van der Waals surface area (Å²) in [4.78, 5) is 13.7. The molecule has 1 aliphatic heterocycles. The van der Waals surface area contributed by atoms with E-state index in [1.807, 2.05) is 92.7 Å². The molecule has 0 saturated heterocycles. The molecule has 6 nitrogen and oxygen atoms in total. The largest absolute Gasteiger partial charge is 0.394 e. The van der Waals surface area contributed by atoms with E-state index in [2.05, 4.69) is 15.8 Å². The van der Waals surface area contributed by atoms with Gasteiger partial charge >= 0.3 is 0 Å². The van der Waals surface area contributed by atoms with Crippen molar-refractivity contribution in [3.8, 4) is 11.1 Å². The average molecular weight is 440 g/mol. The molecule has 33 heavy (non-hydrogen) atoms. The molecule has 1 aliphatic rings. The molecule has 6 heteroatoms. The van der Waals surface area contributed by atoms with Crippen molar-refractivity contribution < 1.29 is 14.4 Å². The van der Waals surface area contributed by atoms with Crippen molar-refractivity contribution in [1.29, 1.82) is 0 Å². The molecule has 0 aliphatic carbocycles. The molecule has 5 rings (SSSR count). The maximum absolute atomic E-state index is 13.7. The summed E-state index contributed by atoms with van der Waals surface area (Å²) in [5, 5.41) is 21.0. The lowest BCUT2D eigenvalue weighted by atomic mass is 9.81. The molecule has 0 radical (unpaired) electrons. The van der Waals surface area contributed by atoms with Crippen molar-refractivity contribution in [2.24, 2.45) is 0 Å². The molecule has 2 heterocycles. The molecule has 4 aromatic rings. The van der Waals surface area contributed by atoms with Gasteiger partial charge in [0.1, 0.15) is 5.76 Å². The van der Waals surface area contributed by atoms with Gasteiger partial charge in [-0.15, -0.1) is 0 Å². The van der Waals surface area contributed by atoms with Gasteiger partial charge in [-0.05, 0) is 42.7 Å². The second-order valence-corrected chi connectivity index (χ2v) is 8.32. The van der Waals surface area contributed by atoms with E-state index in [9.17, 15) is 9.90 Å². The SMILES string of the molecule is Cc1noc(C)c1-c1ccc2c(c1)C(NC(CO)c1ccccc1)(c1ccccc1)C(=O)N2. The van der Waals surface area contributed by atoms with Crippen LogP contribution in [0.25, 0.3) is 11.1 Å². The Labute approximate surface area is 192 Å². The minimum absolute atomic E-state index is 0.162. The molecular weight excluding hydrogens is 414 g/mol. The number of anilines is 1. The van der Waals surface area contributed by atoms with Crippen LogP contribution in [0.5, 0.6) is 0 Å². The fourth-order valence-corrected chi connectivity index (χ4v) is 4.73. The van der Waals surface area contributed by atoms with E-state index in [0.29, 0.717) is 0 Å². The molecule has 0 saturated carbocycles. The van der Waals surface area contributed by atoms with Crippen molar-refractivity contribution in [2.75, 3.05) is 11.9 Å². The Morgan fingerprint density at radius 2 is 1.73 bits per heavy atom. The zero-order valence-corrected chi connectivity index (χ0v) is 18.5. The Bertz CT molecular complexity index is 1280. The van der Waals surface area contributed by atoms with Crippen molar-refractivity contribution in [1.82, 2.24) is 10.5 Å².